The number of fused-ring (bicyclic) bond motifs is 1. The molecule has 1 atom stereocenters. The van der Waals surface area contributed by atoms with Crippen LogP contribution in [0.4, 0.5) is 5.82 Å². The van der Waals surface area contributed by atoms with Crippen molar-refractivity contribution in [1.29, 1.82) is 0 Å². The molecule has 0 radical (unpaired) electrons. The molecule has 0 aliphatic carbocycles. The third-order valence-electron chi connectivity index (χ3n) is 4.25. The van der Waals surface area contributed by atoms with Crippen molar-refractivity contribution in [2.75, 3.05) is 13.7 Å². The fourth-order valence-corrected chi connectivity index (χ4v) is 7.29. The molecule has 0 N–H and O–H groups in total. The van der Waals surface area contributed by atoms with Crippen molar-refractivity contribution in [3.8, 4) is 5.69 Å². The lowest BCUT2D eigenvalue weighted by Gasteiger charge is -2.36. The number of amidine groups is 1. The van der Waals surface area contributed by atoms with Gasteiger partial charge in [0.25, 0.3) is 0 Å². The molecule has 0 unspecified atom stereocenters. The molecule has 1 aromatic carbocycles. The van der Waals surface area contributed by atoms with E-state index in [-0.39, 0.29) is 0 Å². The van der Waals surface area contributed by atoms with Gasteiger partial charge in [0.15, 0.2) is 18.1 Å². The van der Waals surface area contributed by atoms with Crippen molar-refractivity contribution in [2.24, 2.45) is 4.99 Å². The molecule has 0 bridgehead atoms. The van der Waals surface area contributed by atoms with E-state index in [9.17, 15) is 0 Å². The van der Waals surface area contributed by atoms with E-state index in [1.165, 1.54) is 0 Å². The third-order valence-corrected chi connectivity index (χ3v) is 9.39. The summed E-state index contributed by atoms with van der Waals surface area (Å²) in [6.07, 6.45) is -2.47. The second kappa shape index (κ2) is 6.74. The number of hydrogen-bond donors (Lipinski definition) is 0. The number of hydrogen-bond acceptors (Lipinski definition) is 5. The zero-order valence-corrected chi connectivity index (χ0v) is 17.3. The molecule has 1 aliphatic heterocycles. The Balaban J connectivity index is 2.01. The maximum atomic E-state index is 6.19. The van der Waals surface area contributed by atoms with Gasteiger partial charge in [0, 0.05) is 7.05 Å². The number of rotatable bonds is 4. The van der Waals surface area contributed by atoms with Crippen LogP contribution in [0, 0.1) is 6.92 Å². The molecule has 5 nitrogen and oxygen atoms in total. The van der Waals surface area contributed by atoms with Crippen molar-refractivity contribution in [2.45, 2.75) is 13.8 Å². The van der Waals surface area contributed by atoms with Gasteiger partial charge in [-0.25, -0.2) is 9.67 Å². The van der Waals surface area contributed by atoms with Crippen molar-refractivity contribution >= 4 is 46.5 Å². The lowest BCUT2D eigenvalue weighted by atomic mass is 10.3. The first-order chi connectivity index (χ1) is 12.6. The standard InChI is InChI=1S/C18H19N4OPS2/c1-4-23-24(25)16-13(2)20-22(14-9-6-5-7-10-14)18(16)19-17(21(24)3)15-11-8-12-26-15/h5-12H,4H2,1-3H3/t24-/m0/s1. The van der Waals surface area contributed by atoms with E-state index in [0.717, 1.165) is 33.2 Å². The summed E-state index contributed by atoms with van der Waals surface area (Å²) in [6, 6.07) is 14.1. The van der Waals surface area contributed by atoms with Gasteiger partial charge >= 0.3 is 0 Å². The summed E-state index contributed by atoms with van der Waals surface area (Å²) in [5.41, 5.74) is 1.84. The highest BCUT2D eigenvalue weighted by molar-refractivity contribution is 8.15. The van der Waals surface area contributed by atoms with Crippen molar-refractivity contribution < 1.29 is 4.52 Å². The number of aromatic nitrogens is 2. The van der Waals surface area contributed by atoms with Crippen LogP contribution >= 0.6 is 17.8 Å². The molecule has 0 amide bonds. The second-order valence-corrected chi connectivity index (χ2v) is 10.7. The Bertz CT molecular complexity index is 1010. The van der Waals surface area contributed by atoms with Crippen LogP contribution in [0.5, 0.6) is 0 Å². The first-order valence-electron chi connectivity index (χ1n) is 8.33. The highest BCUT2D eigenvalue weighted by atomic mass is 32.4. The molecule has 3 heterocycles. The number of aliphatic imine (C=N–C) groups is 1. The van der Waals surface area contributed by atoms with Crippen LogP contribution in [0.2, 0.25) is 0 Å². The quantitative estimate of drug-likeness (QED) is 0.613. The van der Waals surface area contributed by atoms with Crippen LogP contribution in [-0.4, -0.2) is 33.9 Å². The molecule has 1 aliphatic rings. The normalized spacial score (nSPS) is 19.3. The lowest BCUT2D eigenvalue weighted by Crippen LogP contribution is -2.34. The van der Waals surface area contributed by atoms with Gasteiger partial charge in [0.1, 0.15) is 0 Å². The topological polar surface area (TPSA) is 42.6 Å². The average molecular weight is 402 g/mol. The van der Waals surface area contributed by atoms with Gasteiger partial charge in [-0.3, -0.25) is 0 Å². The van der Waals surface area contributed by atoms with Gasteiger partial charge in [-0.1, -0.05) is 24.3 Å². The Hall–Kier alpha value is -1.79. The molecule has 4 rings (SSSR count). The molecule has 3 aromatic rings. The van der Waals surface area contributed by atoms with Crippen LogP contribution < -0.4 is 5.30 Å². The van der Waals surface area contributed by atoms with Crippen molar-refractivity contribution in [1.82, 2.24) is 14.5 Å². The molecule has 0 spiro atoms. The number of para-hydroxylation sites is 1. The maximum absolute atomic E-state index is 6.19. The highest BCUT2D eigenvalue weighted by Crippen LogP contribution is 2.55. The van der Waals surface area contributed by atoms with E-state index in [0.29, 0.717) is 6.61 Å². The van der Waals surface area contributed by atoms with Crippen molar-refractivity contribution in [3.63, 3.8) is 0 Å². The first-order valence-corrected chi connectivity index (χ1v) is 11.9. The Morgan fingerprint density at radius 3 is 2.62 bits per heavy atom. The Morgan fingerprint density at radius 2 is 1.96 bits per heavy atom. The molecule has 2 aromatic heterocycles. The molecule has 0 saturated heterocycles. The fraction of sp³-hybridized carbons (Fsp3) is 0.222. The van der Waals surface area contributed by atoms with Gasteiger partial charge in [-0.05, 0) is 49.2 Å². The second-order valence-electron chi connectivity index (χ2n) is 5.88. The SMILES string of the molecule is CCO[P@]1(=S)c2c(C)nn(-c3ccccc3)c2N=C(c2cccs2)N1C. The summed E-state index contributed by atoms with van der Waals surface area (Å²) in [7, 11) is 1.98. The summed E-state index contributed by atoms with van der Waals surface area (Å²) in [5, 5.41) is 7.75. The van der Waals surface area contributed by atoms with E-state index in [1.54, 1.807) is 11.3 Å². The predicted molar refractivity (Wildman–Crippen MR) is 112 cm³/mol. The third kappa shape index (κ3) is 2.67. The van der Waals surface area contributed by atoms with Crippen LogP contribution in [0.15, 0.2) is 52.8 Å². The molecular formula is C18H19N4OPS2. The smallest absolute Gasteiger partial charge is 0.192 e. The Labute approximate surface area is 162 Å². The van der Waals surface area contributed by atoms with Gasteiger partial charge in [0.2, 0.25) is 0 Å². The minimum Gasteiger partial charge on any atom is -0.331 e. The zero-order chi connectivity index (χ0) is 18.3. The van der Waals surface area contributed by atoms with Crippen LogP contribution in [-0.2, 0) is 16.3 Å². The monoisotopic (exact) mass is 402 g/mol. The fourth-order valence-electron chi connectivity index (χ4n) is 3.08. The van der Waals surface area contributed by atoms with E-state index in [4.69, 9.17) is 26.4 Å². The molecule has 0 fully saturated rings. The van der Waals surface area contributed by atoms with Gasteiger partial charge in [-0.15, -0.1) is 11.3 Å². The predicted octanol–water partition coefficient (Wildman–Crippen LogP) is 4.24. The van der Waals surface area contributed by atoms with Gasteiger partial charge in [0.05, 0.1) is 28.2 Å². The summed E-state index contributed by atoms with van der Waals surface area (Å²) in [6.45, 7) is 4.52. The summed E-state index contributed by atoms with van der Waals surface area (Å²) in [4.78, 5) is 6.05. The first kappa shape index (κ1) is 17.6. The number of nitrogens with zero attached hydrogens (tertiary/aromatic N) is 4. The number of aryl methyl sites for hydroxylation is 1. The van der Waals surface area contributed by atoms with Gasteiger partial charge < -0.3 is 9.19 Å². The van der Waals surface area contributed by atoms with E-state index < -0.39 is 6.42 Å². The van der Waals surface area contributed by atoms with E-state index in [1.807, 2.05) is 72.0 Å². The molecule has 8 heteroatoms. The number of thiophene rings is 1. The van der Waals surface area contributed by atoms with E-state index in [2.05, 4.69) is 6.07 Å². The summed E-state index contributed by atoms with van der Waals surface area (Å²) >= 11 is 7.77. The van der Waals surface area contributed by atoms with Crippen LogP contribution in [0.1, 0.15) is 17.5 Å². The number of benzene rings is 1. The maximum Gasteiger partial charge on any atom is 0.192 e. The average Bonchev–Trinajstić information content (AvgIpc) is 3.27. The largest absolute Gasteiger partial charge is 0.331 e. The minimum absolute atomic E-state index is 0.550. The minimum atomic E-state index is -2.47. The highest BCUT2D eigenvalue weighted by Gasteiger charge is 2.40. The summed E-state index contributed by atoms with van der Waals surface area (Å²) < 4.78 is 10.1. The Kier molecular flexibility index (Phi) is 4.57. The van der Waals surface area contributed by atoms with Gasteiger partial charge in [-0.2, -0.15) is 5.10 Å². The molecule has 26 heavy (non-hydrogen) atoms. The van der Waals surface area contributed by atoms with Crippen molar-refractivity contribution in [3.05, 3.63) is 58.4 Å². The molecule has 134 valence electrons. The summed E-state index contributed by atoms with van der Waals surface area (Å²) in [5.74, 6) is 1.63. The lowest BCUT2D eigenvalue weighted by molar-refractivity contribution is 0.363. The van der Waals surface area contributed by atoms with E-state index >= 15 is 0 Å². The molecule has 0 saturated carbocycles. The molecular weight excluding hydrogens is 383 g/mol. The van der Waals surface area contributed by atoms with Crippen LogP contribution in [0.3, 0.4) is 0 Å². The Morgan fingerprint density at radius 1 is 1.19 bits per heavy atom. The van der Waals surface area contributed by atoms with Crippen LogP contribution in [0.25, 0.3) is 5.69 Å². The zero-order valence-electron chi connectivity index (χ0n) is 14.8.